The molecule has 3 rings (SSSR count). The lowest BCUT2D eigenvalue weighted by atomic mass is 10.1. The van der Waals surface area contributed by atoms with Crippen LogP contribution in [0.1, 0.15) is 23.2 Å². The molecule has 144 valence electrons. The number of aromatic nitrogens is 5. The van der Waals surface area contributed by atoms with E-state index in [-0.39, 0.29) is 23.3 Å². The molecule has 3 aromatic rings. The lowest BCUT2D eigenvalue weighted by Crippen LogP contribution is -2.25. The van der Waals surface area contributed by atoms with Crippen molar-refractivity contribution in [2.24, 2.45) is 0 Å². The van der Waals surface area contributed by atoms with Gasteiger partial charge in [0.25, 0.3) is 0 Å². The molecule has 8 nitrogen and oxygen atoms in total. The van der Waals surface area contributed by atoms with Crippen LogP contribution in [0.15, 0.2) is 11.0 Å². The molecule has 0 aromatic carbocycles. The second-order valence-corrected chi connectivity index (χ2v) is 7.30. The van der Waals surface area contributed by atoms with Gasteiger partial charge in [0.05, 0.1) is 19.3 Å². The van der Waals surface area contributed by atoms with Crippen LogP contribution < -0.4 is 16.2 Å². The number of aryl methyl sites for hydroxylation is 2. The number of anilines is 1. The van der Waals surface area contributed by atoms with Gasteiger partial charge >= 0.3 is 5.69 Å². The molecule has 2 N–H and O–H groups in total. The number of hydrogen-bond acceptors (Lipinski definition) is 6. The first-order valence-corrected chi connectivity index (χ1v) is 9.86. The fourth-order valence-corrected chi connectivity index (χ4v) is 3.66. The van der Waals surface area contributed by atoms with Crippen molar-refractivity contribution in [3.05, 3.63) is 38.7 Å². The highest BCUT2D eigenvalue weighted by atomic mass is 79.9. The Morgan fingerprint density at radius 3 is 2.70 bits per heavy atom. The van der Waals surface area contributed by atoms with Gasteiger partial charge in [0.15, 0.2) is 10.8 Å². The lowest BCUT2D eigenvalue weighted by molar-refractivity contribution is 0.406. The van der Waals surface area contributed by atoms with E-state index in [0.717, 1.165) is 28.6 Å². The fraction of sp³-hybridized carbons (Fsp3) is 0.412. The van der Waals surface area contributed by atoms with Crippen molar-refractivity contribution < 1.29 is 4.74 Å². The maximum Gasteiger partial charge on any atom is 0.330 e. The van der Waals surface area contributed by atoms with E-state index < -0.39 is 0 Å². The summed E-state index contributed by atoms with van der Waals surface area (Å²) in [5, 5.41) is 0.921. The Morgan fingerprint density at radius 1 is 1.30 bits per heavy atom. The summed E-state index contributed by atoms with van der Waals surface area (Å²) in [4.78, 5) is 25.8. The van der Waals surface area contributed by atoms with Crippen molar-refractivity contribution >= 4 is 44.6 Å². The van der Waals surface area contributed by atoms with Gasteiger partial charge in [0, 0.05) is 29.2 Å². The van der Waals surface area contributed by atoms with Crippen LogP contribution in [0.3, 0.4) is 0 Å². The van der Waals surface area contributed by atoms with E-state index in [0.29, 0.717) is 23.4 Å². The summed E-state index contributed by atoms with van der Waals surface area (Å²) in [5.74, 6) is 0.772. The van der Waals surface area contributed by atoms with Gasteiger partial charge in [-0.1, -0.05) is 27.5 Å². The van der Waals surface area contributed by atoms with Crippen molar-refractivity contribution in [2.75, 3.05) is 18.2 Å². The Bertz CT molecular complexity index is 1060. The molecule has 0 saturated heterocycles. The summed E-state index contributed by atoms with van der Waals surface area (Å²) in [6, 6.07) is 0. The van der Waals surface area contributed by atoms with Crippen LogP contribution in [0.5, 0.6) is 5.75 Å². The number of rotatable bonds is 6. The zero-order valence-electron chi connectivity index (χ0n) is 15.3. The van der Waals surface area contributed by atoms with Crippen LogP contribution in [0.25, 0.3) is 11.2 Å². The predicted molar refractivity (Wildman–Crippen MR) is 109 cm³/mol. The van der Waals surface area contributed by atoms with E-state index in [2.05, 4.69) is 30.9 Å². The minimum Gasteiger partial charge on any atom is -0.496 e. The highest BCUT2D eigenvalue weighted by Gasteiger charge is 2.20. The number of methoxy groups -OCH3 is 1. The number of nitrogen functional groups attached to an aromatic ring is 1. The number of nitrogens with zero attached hydrogens (tertiary/aromatic N) is 5. The number of hydrogen-bond donors (Lipinski definition) is 1. The van der Waals surface area contributed by atoms with Crippen molar-refractivity contribution in [1.29, 1.82) is 0 Å². The Balaban J connectivity index is 2.21. The van der Waals surface area contributed by atoms with Gasteiger partial charge in [-0.05, 0) is 20.3 Å². The van der Waals surface area contributed by atoms with E-state index >= 15 is 0 Å². The SMILES string of the molecule is COc1c(C)cnc(Cn2c(=O)n(CCCBr)c3c(Cl)nc(N)nc32)c1C. The zero-order chi connectivity index (χ0) is 19.7. The standard InChI is InChI=1S/C17H20BrClN6O2/c1-9-7-21-11(10(2)13(9)27-3)8-25-15-12(14(19)22-16(20)23-15)24(17(25)26)6-4-5-18/h7H,4-6,8H2,1-3H3,(H2,20,22,23). The van der Waals surface area contributed by atoms with Crippen LogP contribution in [0.2, 0.25) is 5.15 Å². The number of pyridine rings is 1. The van der Waals surface area contributed by atoms with Crippen LogP contribution in [-0.4, -0.2) is 36.5 Å². The van der Waals surface area contributed by atoms with Gasteiger partial charge in [0.1, 0.15) is 11.3 Å². The molecule has 0 atom stereocenters. The smallest absolute Gasteiger partial charge is 0.330 e. The van der Waals surface area contributed by atoms with Gasteiger partial charge in [0.2, 0.25) is 5.95 Å². The third kappa shape index (κ3) is 3.53. The second kappa shape index (κ2) is 7.85. The third-order valence-corrected chi connectivity index (χ3v) is 5.23. The molecule has 0 aliphatic heterocycles. The maximum absolute atomic E-state index is 13.1. The predicted octanol–water partition coefficient (Wildman–Crippen LogP) is 2.68. The molecule has 27 heavy (non-hydrogen) atoms. The minimum absolute atomic E-state index is 0.0186. The number of ether oxygens (including phenoxy) is 1. The molecule has 0 fully saturated rings. The summed E-state index contributed by atoms with van der Waals surface area (Å²) in [5.41, 5.74) is 8.94. The molecule has 0 amide bonds. The molecule has 0 aliphatic rings. The summed E-state index contributed by atoms with van der Waals surface area (Å²) >= 11 is 9.67. The topological polar surface area (TPSA) is 101 Å². The average molecular weight is 456 g/mol. The van der Waals surface area contributed by atoms with Gasteiger partial charge in [-0.15, -0.1) is 0 Å². The van der Waals surface area contributed by atoms with E-state index in [4.69, 9.17) is 22.1 Å². The Labute approximate surface area is 169 Å². The van der Waals surface area contributed by atoms with Gasteiger partial charge in [-0.3, -0.25) is 14.1 Å². The zero-order valence-corrected chi connectivity index (χ0v) is 17.6. The number of nitrogens with two attached hydrogens (primary N) is 1. The molecule has 10 heteroatoms. The molecule has 0 radical (unpaired) electrons. The van der Waals surface area contributed by atoms with Crippen LogP contribution >= 0.6 is 27.5 Å². The summed E-state index contributed by atoms with van der Waals surface area (Å²) in [7, 11) is 1.62. The third-order valence-electron chi connectivity index (χ3n) is 4.40. The number of fused-ring (bicyclic) bond motifs is 1. The normalized spacial score (nSPS) is 11.3. The molecule has 3 heterocycles. The van der Waals surface area contributed by atoms with Crippen molar-refractivity contribution in [1.82, 2.24) is 24.1 Å². The molecule has 0 saturated carbocycles. The molecular formula is C17H20BrClN6O2. The van der Waals surface area contributed by atoms with Gasteiger partial charge in [-0.2, -0.15) is 9.97 Å². The second-order valence-electron chi connectivity index (χ2n) is 6.15. The monoisotopic (exact) mass is 454 g/mol. The summed E-state index contributed by atoms with van der Waals surface area (Å²) < 4.78 is 8.57. The average Bonchev–Trinajstić information content (AvgIpc) is 2.88. The van der Waals surface area contributed by atoms with Crippen LogP contribution in [-0.2, 0) is 13.1 Å². The summed E-state index contributed by atoms with van der Waals surface area (Å²) in [6.45, 7) is 4.56. The van der Waals surface area contributed by atoms with E-state index in [1.54, 1.807) is 17.9 Å². The molecule has 3 aromatic heterocycles. The summed E-state index contributed by atoms with van der Waals surface area (Å²) in [6.07, 6.45) is 2.49. The van der Waals surface area contributed by atoms with Crippen molar-refractivity contribution in [3.8, 4) is 5.75 Å². The maximum atomic E-state index is 13.1. The van der Waals surface area contributed by atoms with Crippen molar-refractivity contribution in [2.45, 2.75) is 33.4 Å². The van der Waals surface area contributed by atoms with Gasteiger partial charge < -0.3 is 10.5 Å². The molecule has 0 bridgehead atoms. The first-order valence-electron chi connectivity index (χ1n) is 8.36. The first kappa shape index (κ1) is 19.6. The molecular weight excluding hydrogens is 436 g/mol. The van der Waals surface area contributed by atoms with Gasteiger partial charge in [-0.25, -0.2) is 4.79 Å². The highest BCUT2D eigenvalue weighted by molar-refractivity contribution is 9.09. The van der Waals surface area contributed by atoms with Crippen molar-refractivity contribution in [3.63, 3.8) is 0 Å². The van der Waals surface area contributed by atoms with E-state index in [1.165, 1.54) is 4.57 Å². The van der Waals surface area contributed by atoms with Crippen LogP contribution in [0, 0.1) is 13.8 Å². The molecule has 0 unspecified atom stereocenters. The Kier molecular flexibility index (Phi) is 5.71. The number of alkyl halides is 1. The minimum atomic E-state index is -0.228. The highest BCUT2D eigenvalue weighted by Crippen LogP contribution is 2.26. The Morgan fingerprint density at radius 2 is 2.04 bits per heavy atom. The fourth-order valence-electron chi connectivity index (χ4n) is 3.13. The first-order chi connectivity index (χ1) is 12.9. The Hall–Kier alpha value is -2.13. The number of halogens is 2. The quantitative estimate of drug-likeness (QED) is 0.453. The molecule has 0 aliphatic carbocycles. The largest absolute Gasteiger partial charge is 0.496 e. The lowest BCUT2D eigenvalue weighted by Gasteiger charge is -2.12. The number of imidazole rings is 1. The van der Waals surface area contributed by atoms with E-state index in [9.17, 15) is 4.79 Å². The van der Waals surface area contributed by atoms with E-state index in [1.807, 2.05) is 13.8 Å². The van der Waals surface area contributed by atoms with Crippen LogP contribution in [0.4, 0.5) is 5.95 Å². The molecule has 0 spiro atoms.